The smallest absolute Gasteiger partial charge is 0.267 e. The van der Waals surface area contributed by atoms with Crippen LogP contribution in [-0.4, -0.2) is 21.0 Å². The van der Waals surface area contributed by atoms with Crippen molar-refractivity contribution in [3.8, 4) is 0 Å². The van der Waals surface area contributed by atoms with Crippen LogP contribution in [0.2, 0.25) is 0 Å². The molecule has 0 amide bonds. The van der Waals surface area contributed by atoms with Crippen LogP contribution < -0.4 is 11.0 Å². The number of nitrogens with one attached hydrogen (secondary N) is 1. The monoisotopic (exact) mass is 371 g/mol. The van der Waals surface area contributed by atoms with Gasteiger partial charge in [-0.1, -0.05) is 11.3 Å². The number of hydrogen-bond acceptors (Lipinski definition) is 9. The number of hydrazone groups is 1. The van der Waals surface area contributed by atoms with Crippen LogP contribution in [0.4, 0.5) is 16.5 Å². The zero-order chi connectivity index (χ0) is 18.7. The molecule has 3 aromatic rings. The van der Waals surface area contributed by atoms with Crippen LogP contribution in [0.5, 0.6) is 0 Å². The van der Waals surface area contributed by atoms with Crippen LogP contribution in [-0.2, 0) is 0 Å². The Morgan fingerprint density at radius 1 is 1.04 bits per heavy atom. The minimum atomic E-state index is -0.601. The molecule has 0 saturated carbocycles. The van der Waals surface area contributed by atoms with E-state index in [9.17, 15) is 25.0 Å². The van der Waals surface area contributed by atoms with Gasteiger partial charge in [-0.3, -0.25) is 30.4 Å². The lowest BCUT2D eigenvalue weighted by atomic mass is 10.2. The number of aromatic nitrogens is 1. The van der Waals surface area contributed by atoms with E-state index in [1.54, 1.807) is 0 Å². The van der Waals surface area contributed by atoms with Gasteiger partial charge in [-0.25, -0.2) is 0 Å². The Labute approximate surface area is 148 Å². The zero-order valence-corrected chi connectivity index (χ0v) is 13.7. The summed E-state index contributed by atoms with van der Waals surface area (Å²) in [6.45, 7) is 0. The van der Waals surface area contributed by atoms with E-state index in [0.717, 1.165) is 11.3 Å². The maximum atomic E-state index is 12.0. The highest BCUT2D eigenvalue weighted by Gasteiger charge is 2.10. The van der Waals surface area contributed by atoms with E-state index in [1.807, 2.05) is 0 Å². The molecule has 0 spiro atoms. The summed E-state index contributed by atoms with van der Waals surface area (Å²) in [7, 11) is 0. The van der Waals surface area contributed by atoms with Gasteiger partial charge in [-0.05, 0) is 23.8 Å². The molecule has 11 heteroatoms. The molecule has 0 aliphatic carbocycles. The third kappa shape index (κ3) is 3.67. The van der Waals surface area contributed by atoms with Gasteiger partial charge in [0.1, 0.15) is 0 Å². The number of non-ortho nitro benzene ring substituents is 2. The molecule has 0 atom stereocenters. The van der Waals surface area contributed by atoms with Crippen LogP contribution >= 0.6 is 11.3 Å². The first-order chi connectivity index (χ1) is 12.4. The van der Waals surface area contributed by atoms with Crippen molar-refractivity contribution in [1.82, 2.24) is 4.98 Å². The Bertz CT molecular complexity index is 1090. The number of nitro benzene ring substituents is 2. The van der Waals surface area contributed by atoms with Gasteiger partial charge in [-0.15, -0.1) is 0 Å². The molecule has 0 aliphatic heterocycles. The van der Waals surface area contributed by atoms with E-state index >= 15 is 0 Å². The molecule has 0 fully saturated rings. The van der Waals surface area contributed by atoms with Crippen molar-refractivity contribution in [3.63, 3.8) is 0 Å². The van der Waals surface area contributed by atoms with E-state index < -0.39 is 15.4 Å². The van der Waals surface area contributed by atoms with E-state index in [0.29, 0.717) is 10.3 Å². The molecule has 26 heavy (non-hydrogen) atoms. The quantitative estimate of drug-likeness (QED) is 0.413. The number of hydrogen-bond donors (Lipinski definition) is 1. The molecule has 0 bridgehead atoms. The van der Waals surface area contributed by atoms with Crippen LogP contribution in [0.25, 0.3) is 10.1 Å². The molecule has 0 radical (unpaired) electrons. The van der Waals surface area contributed by atoms with Crippen molar-refractivity contribution in [2.75, 3.05) is 5.43 Å². The predicted octanol–water partition coefficient (Wildman–Crippen LogP) is 2.92. The van der Waals surface area contributed by atoms with Crippen molar-refractivity contribution < 1.29 is 9.85 Å². The molecular weight excluding hydrogens is 362 g/mol. The molecule has 1 N–H and O–H groups in total. The van der Waals surface area contributed by atoms with Crippen molar-refractivity contribution >= 4 is 44.1 Å². The fraction of sp³-hybridized carbons (Fsp3) is 0. The highest BCUT2D eigenvalue weighted by molar-refractivity contribution is 7.21. The fourth-order valence-corrected chi connectivity index (χ4v) is 2.89. The molecular formula is C15H9N5O5S. The molecule has 2 aromatic carbocycles. The number of benzene rings is 2. The molecule has 10 nitrogen and oxygen atoms in total. The summed E-state index contributed by atoms with van der Waals surface area (Å²) in [6.07, 6.45) is 1.42. The van der Waals surface area contributed by atoms with Crippen LogP contribution in [0.15, 0.2) is 52.4 Å². The van der Waals surface area contributed by atoms with Gasteiger partial charge in [0, 0.05) is 29.0 Å². The van der Waals surface area contributed by atoms with Crippen molar-refractivity contribution in [2.45, 2.75) is 0 Å². The summed E-state index contributed by atoms with van der Waals surface area (Å²) in [5.74, 6) is 0. The van der Waals surface area contributed by atoms with E-state index in [4.69, 9.17) is 0 Å². The molecule has 1 heterocycles. The third-order valence-electron chi connectivity index (χ3n) is 3.29. The summed E-state index contributed by atoms with van der Waals surface area (Å²) in [5, 5.41) is 25.7. The van der Waals surface area contributed by atoms with Gasteiger partial charge >= 0.3 is 0 Å². The minimum absolute atomic E-state index is 0.0291. The average molecular weight is 371 g/mol. The Hall–Kier alpha value is -3.73. The topological polar surface area (TPSA) is 141 Å². The standard InChI is InChI=1S/C15H9N5O5S/c21-14-12-7-11(20(24)25)5-6-13(12)26-15(17-14)18-16-8-9-1-3-10(4-2-9)19(22)23/h1-8H,(H,17,18,21)/b16-8-. The second-order valence-corrected chi connectivity index (χ2v) is 6.01. The molecule has 3 rings (SSSR count). The number of fused-ring (bicyclic) bond motifs is 1. The Morgan fingerprint density at radius 2 is 1.69 bits per heavy atom. The SMILES string of the molecule is O=c1nc(N/N=C\c2ccc([N+](=O)[O-])cc2)sc2ccc([N+](=O)[O-])cc12. The lowest BCUT2D eigenvalue weighted by Crippen LogP contribution is -2.07. The first-order valence-electron chi connectivity index (χ1n) is 7.07. The number of nitro groups is 2. The van der Waals surface area contributed by atoms with E-state index in [2.05, 4.69) is 15.5 Å². The molecule has 130 valence electrons. The van der Waals surface area contributed by atoms with Gasteiger partial charge in [0.15, 0.2) is 0 Å². The largest absolute Gasteiger partial charge is 0.281 e. The van der Waals surface area contributed by atoms with E-state index in [1.165, 1.54) is 48.7 Å². The fourth-order valence-electron chi connectivity index (χ4n) is 2.06. The Kier molecular flexibility index (Phi) is 4.62. The number of nitrogens with zero attached hydrogens (tertiary/aromatic N) is 4. The van der Waals surface area contributed by atoms with Gasteiger partial charge in [0.05, 0.1) is 21.4 Å². The summed E-state index contributed by atoms with van der Waals surface area (Å²) in [4.78, 5) is 36.1. The third-order valence-corrected chi connectivity index (χ3v) is 4.24. The minimum Gasteiger partial charge on any atom is -0.267 e. The first kappa shape index (κ1) is 17.1. The van der Waals surface area contributed by atoms with Gasteiger partial charge in [-0.2, -0.15) is 10.1 Å². The van der Waals surface area contributed by atoms with Gasteiger partial charge < -0.3 is 0 Å². The van der Waals surface area contributed by atoms with Gasteiger partial charge in [0.2, 0.25) is 5.13 Å². The van der Waals surface area contributed by atoms with Crippen LogP contribution in [0.1, 0.15) is 5.56 Å². The molecule has 0 unspecified atom stereocenters. The van der Waals surface area contributed by atoms with E-state index in [-0.39, 0.29) is 21.9 Å². The second-order valence-electron chi connectivity index (χ2n) is 4.98. The summed E-state index contributed by atoms with van der Waals surface area (Å²) in [5.41, 5.74) is 2.42. The predicted molar refractivity (Wildman–Crippen MR) is 96.9 cm³/mol. The average Bonchev–Trinajstić information content (AvgIpc) is 2.62. The van der Waals surface area contributed by atoms with Crippen LogP contribution in [0.3, 0.4) is 0 Å². The molecule has 0 saturated heterocycles. The first-order valence-corrected chi connectivity index (χ1v) is 7.88. The lowest BCUT2D eigenvalue weighted by molar-refractivity contribution is -0.385. The highest BCUT2D eigenvalue weighted by Crippen LogP contribution is 2.24. The summed E-state index contributed by atoms with van der Waals surface area (Å²) < 4.78 is 0.531. The van der Waals surface area contributed by atoms with Crippen LogP contribution in [0, 0.1) is 20.2 Å². The zero-order valence-electron chi connectivity index (χ0n) is 12.9. The van der Waals surface area contributed by atoms with Gasteiger partial charge in [0.25, 0.3) is 16.9 Å². The Morgan fingerprint density at radius 3 is 2.35 bits per heavy atom. The Balaban J connectivity index is 1.80. The molecule has 1 aromatic heterocycles. The van der Waals surface area contributed by atoms with Crippen molar-refractivity contribution in [3.05, 3.63) is 78.6 Å². The highest BCUT2D eigenvalue weighted by atomic mass is 32.1. The lowest BCUT2D eigenvalue weighted by Gasteiger charge is -2.00. The van der Waals surface area contributed by atoms with Crippen molar-refractivity contribution in [1.29, 1.82) is 0 Å². The number of rotatable bonds is 5. The second kappa shape index (κ2) is 7.03. The van der Waals surface area contributed by atoms with Crippen molar-refractivity contribution in [2.24, 2.45) is 5.10 Å². The normalized spacial score (nSPS) is 10.9. The summed E-state index contributed by atoms with van der Waals surface area (Å²) in [6, 6.07) is 9.72. The number of anilines is 1. The maximum absolute atomic E-state index is 12.0. The molecule has 0 aliphatic rings. The maximum Gasteiger partial charge on any atom is 0.281 e. The summed E-state index contributed by atoms with van der Waals surface area (Å²) >= 11 is 1.12.